The van der Waals surface area contributed by atoms with Gasteiger partial charge in [-0.3, -0.25) is 9.69 Å². The largest absolute Gasteiger partial charge is 0.322 e. The molecule has 7 heteroatoms. The van der Waals surface area contributed by atoms with Crippen molar-refractivity contribution in [1.82, 2.24) is 9.21 Å². The first-order chi connectivity index (χ1) is 13.9. The average Bonchev–Trinajstić information content (AvgIpc) is 3.22. The lowest BCUT2D eigenvalue weighted by Gasteiger charge is -2.18. The smallest absolute Gasteiger partial charge is 0.255 e. The molecule has 1 N–H and O–H groups in total. The molecular weight excluding hydrogens is 386 g/mol. The maximum Gasteiger partial charge on any atom is 0.255 e. The Bertz CT molecular complexity index is 949. The minimum Gasteiger partial charge on any atom is -0.322 e. The molecule has 6 nitrogen and oxygen atoms in total. The molecule has 1 saturated heterocycles. The Labute approximate surface area is 173 Å². The lowest BCUT2D eigenvalue weighted by atomic mass is 10.1. The van der Waals surface area contributed by atoms with Crippen molar-refractivity contribution in [3.8, 4) is 0 Å². The van der Waals surface area contributed by atoms with Gasteiger partial charge in [0.1, 0.15) is 0 Å². The van der Waals surface area contributed by atoms with Crippen molar-refractivity contribution in [2.45, 2.75) is 38.1 Å². The monoisotopic (exact) mass is 415 g/mol. The second-order valence-corrected chi connectivity index (χ2v) is 9.19. The third-order valence-electron chi connectivity index (χ3n) is 5.23. The number of nitrogens with one attached hydrogen (secondary N) is 1. The molecule has 2 aromatic rings. The fourth-order valence-corrected chi connectivity index (χ4v) is 5.16. The highest BCUT2D eigenvalue weighted by molar-refractivity contribution is 7.89. The fraction of sp³-hybridized carbons (Fsp3) is 0.409. The van der Waals surface area contributed by atoms with Crippen LogP contribution < -0.4 is 5.32 Å². The molecule has 29 heavy (non-hydrogen) atoms. The highest BCUT2D eigenvalue weighted by Gasteiger charge is 2.22. The zero-order valence-electron chi connectivity index (χ0n) is 17.1. The second-order valence-electron chi connectivity index (χ2n) is 7.25. The SMILES string of the molecule is CCN(CC)S(=O)(=O)c1cccc(C(=O)Nc2cccc(CN3CCCC3)c2)c1. The molecule has 0 unspecified atom stereocenters. The predicted octanol–water partition coefficient (Wildman–Crippen LogP) is 3.57. The number of nitrogens with zero attached hydrogens (tertiary/aromatic N) is 2. The minimum atomic E-state index is -3.60. The molecular formula is C22H29N3O3S. The molecule has 0 radical (unpaired) electrons. The summed E-state index contributed by atoms with van der Waals surface area (Å²) in [5, 5.41) is 2.89. The molecule has 1 fully saturated rings. The van der Waals surface area contributed by atoms with Gasteiger partial charge in [-0.15, -0.1) is 0 Å². The number of hydrogen-bond donors (Lipinski definition) is 1. The van der Waals surface area contributed by atoms with Crippen molar-refractivity contribution in [1.29, 1.82) is 0 Å². The minimum absolute atomic E-state index is 0.136. The summed E-state index contributed by atoms with van der Waals surface area (Å²) >= 11 is 0. The van der Waals surface area contributed by atoms with Gasteiger partial charge in [-0.25, -0.2) is 8.42 Å². The first-order valence-corrected chi connectivity index (χ1v) is 11.6. The first-order valence-electron chi connectivity index (χ1n) is 10.2. The van der Waals surface area contributed by atoms with Gasteiger partial charge in [0, 0.05) is 30.9 Å². The van der Waals surface area contributed by atoms with Crippen LogP contribution in [0.1, 0.15) is 42.6 Å². The third-order valence-corrected chi connectivity index (χ3v) is 7.28. The number of anilines is 1. The number of benzene rings is 2. The van der Waals surface area contributed by atoms with Crippen LogP contribution in [-0.2, 0) is 16.6 Å². The van der Waals surface area contributed by atoms with Crippen LogP contribution in [-0.4, -0.2) is 49.7 Å². The van der Waals surface area contributed by atoms with Gasteiger partial charge in [-0.1, -0.05) is 32.0 Å². The summed E-state index contributed by atoms with van der Waals surface area (Å²) in [6, 6.07) is 14.0. The van der Waals surface area contributed by atoms with Gasteiger partial charge >= 0.3 is 0 Å². The zero-order chi connectivity index (χ0) is 20.9. The van der Waals surface area contributed by atoms with Crippen molar-refractivity contribution in [3.63, 3.8) is 0 Å². The molecule has 0 bridgehead atoms. The predicted molar refractivity (Wildman–Crippen MR) is 115 cm³/mol. The van der Waals surface area contributed by atoms with Crippen molar-refractivity contribution >= 4 is 21.6 Å². The van der Waals surface area contributed by atoms with Crippen molar-refractivity contribution in [2.24, 2.45) is 0 Å². The van der Waals surface area contributed by atoms with E-state index in [1.54, 1.807) is 26.0 Å². The number of carbonyl (C=O) groups excluding carboxylic acids is 1. The Balaban J connectivity index is 1.74. The molecule has 0 atom stereocenters. The van der Waals surface area contributed by atoms with Gasteiger partial charge in [0.15, 0.2) is 0 Å². The van der Waals surface area contributed by atoms with Gasteiger partial charge in [0.2, 0.25) is 10.0 Å². The maximum atomic E-state index is 12.7. The van der Waals surface area contributed by atoms with Gasteiger partial charge < -0.3 is 5.32 Å². The van der Waals surface area contributed by atoms with Crippen LogP contribution >= 0.6 is 0 Å². The molecule has 0 saturated carbocycles. The van der Waals surface area contributed by atoms with Crippen LogP contribution in [0.15, 0.2) is 53.4 Å². The highest BCUT2D eigenvalue weighted by atomic mass is 32.2. The summed E-state index contributed by atoms with van der Waals surface area (Å²) in [6.45, 7) is 7.48. The van der Waals surface area contributed by atoms with E-state index in [9.17, 15) is 13.2 Å². The fourth-order valence-electron chi connectivity index (χ4n) is 3.66. The third kappa shape index (κ3) is 5.23. The lowest BCUT2D eigenvalue weighted by Crippen LogP contribution is -2.30. The van der Waals surface area contributed by atoms with Gasteiger partial charge in [-0.05, 0) is 61.8 Å². The molecule has 3 rings (SSSR count). The number of carbonyl (C=O) groups is 1. The summed E-state index contributed by atoms with van der Waals surface area (Å²) in [6.07, 6.45) is 2.48. The normalized spacial score (nSPS) is 15.0. The number of sulfonamides is 1. The van der Waals surface area contributed by atoms with E-state index < -0.39 is 10.0 Å². The van der Waals surface area contributed by atoms with E-state index in [4.69, 9.17) is 0 Å². The molecule has 1 amide bonds. The quantitative estimate of drug-likeness (QED) is 0.716. The lowest BCUT2D eigenvalue weighted by molar-refractivity contribution is 0.102. The zero-order valence-corrected chi connectivity index (χ0v) is 17.9. The van der Waals surface area contributed by atoms with Crippen LogP contribution in [0.2, 0.25) is 0 Å². The molecule has 2 aromatic carbocycles. The summed E-state index contributed by atoms with van der Waals surface area (Å²) in [4.78, 5) is 15.3. The van der Waals surface area contributed by atoms with Crippen LogP contribution in [0, 0.1) is 0 Å². The van der Waals surface area contributed by atoms with Crippen LogP contribution in [0.4, 0.5) is 5.69 Å². The summed E-state index contributed by atoms with van der Waals surface area (Å²) in [5.41, 5.74) is 2.19. The van der Waals surface area contributed by atoms with E-state index in [0.717, 1.165) is 25.2 Å². The number of likely N-dealkylation sites (tertiary alicyclic amines) is 1. The standard InChI is InChI=1S/C22H29N3O3S/c1-3-25(4-2)29(27,28)21-12-8-10-19(16-21)22(26)23-20-11-7-9-18(15-20)17-24-13-5-6-14-24/h7-12,15-16H,3-6,13-14,17H2,1-2H3,(H,23,26). The van der Waals surface area contributed by atoms with Gasteiger partial charge in [0.25, 0.3) is 5.91 Å². The van der Waals surface area contributed by atoms with E-state index in [1.807, 2.05) is 18.2 Å². The summed E-state index contributed by atoms with van der Waals surface area (Å²) in [5.74, 6) is -0.320. The molecule has 0 spiro atoms. The van der Waals surface area contributed by atoms with E-state index in [-0.39, 0.29) is 10.8 Å². The van der Waals surface area contributed by atoms with E-state index in [1.165, 1.54) is 29.3 Å². The Hall–Kier alpha value is -2.22. The van der Waals surface area contributed by atoms with Gasteiger partial charge in [-0.2, -0.15) is 4.31 Å². The Morgan fingerprint density at radius 3 is 2.41 bits per heavy atom. The van der Waals surface area contributed by atoms with Crippen LogP contribution in [0.5, 0.6) is 0 Å². The maximum absolute atomic E-state index is 12.7. The van der Waals surface area contributed by atoms with Crippen molar-refractivity contribution in [3.05, 3.63) is 59.7 Å². The number of rotatable bonds is 8. The average molecular weight is 416 g/mol. The molecule has 1 aliphatic heterocycles. The van der Waals surface area contributed by atoms with Crippen LogP contribution in [0.3, 0.4) is 0 Å². The molecule has 0 aromatic heterocycles. The highest BCUT2D eigenvalue weighted by Crippen LogP contribution is 2.19. The molecule has 1 heterocycles. The Morgan fingerprint density at radius 2 is 1.72 bits per heavy atom. The van der Waals surface area contributed by atoms with Crippen molar-refractivity contribution in [2.75, 3.05) is 31.5 Å². The summed E-state index contributed by atoms with van der Waals surface area (Å²) < 4.78 is 26.8. The first kappa shape index (κ1) is 21.5. The Kier molecular flexibility index (Phi) is 7.05. The van der Waals surface area contributed by atoms with Crippen molar-refractivity contribution < 1.29 is 13.2 Å². The van der Waals surface area contributed by atoms with E-state index in [0.29, 0.717) is 24.3 Å². The summed E-state index contributed by atoms with van der Waals surface area (Å²) in [7, 11) is -3.60. The number of amides is 1. The van der Waals surface area contributed by atoms with Crippen LogP contribution in [0.25, 0.3) is 0 Å². The number of hydrogen-bond acceptors (Lipinski definition) is 4. The van der Waals surface area contributed by atoms with Gasteiger partial charge in [0.05, 0.1) is 4.90 Å². The topological polar surface area (TPSA) is 69.7 Å². The Morgan fingerprint density at radius 1 is 1.03 bits per heavy atom. The van der Waals surface area contributed by atoms with E-state index >= 15 is 0 Å². The molecule has 0 aliphatic carbocycles. The van der Waals surface area contributed by atoms with E-state index in [2.05, 4.69) is 16.3 Å². The molecule has 1 aliphatic rings. The molecule has 156 valence electrons. The second kappa shape index (κ2) is 9.52.